The number of hydrogen-bond donors (Lipinski definition) is 0. The van der Waals surface area contributed by atoms with Gasteiger partial charge >= 0.3 is 0 Å². The highest BCUT2D eigenvalue weighted by atomic mass is 79.9. The lowest BCUT2D eigenvalue weighted by atomic mass is 11.9. The standard InChI is InChI=1S/C6H18Br3N3Si3/c1-13(2)10(7)14(3,4)12(9)15(5,6)11(13)8/h1-6H3. The molecular formula is C6H18Br3N3Si3. The summed E-state index contributed by atoms with van der Waals surface area (Å²) in [5.74, 6) is 0. The van der Waals surface area contributed by atoms with E-state index in [1.165, 1.54) is 0 Å². The molecule has 1 saturated heterocycles. The summed E-state index contributed by atoms with van der Waals surface area (Å²) in [7, 11) is -4.67. The van der Waals surface area contributed by atoms with Crippen LogP contribution >= 0.6 is 48.4 Å². The van der Waals surface area contributed by atoms with Gasteiger partial charge in [0.05, 0.1) is 0 Å². The first kappa shape index (κ1) is 15.0. The van der Waals surface area contributed by atoms with Crippen molar-refractivity contribution in [2.24, 2.45) is 0 Å². The van der Waals surface area contributed by atoms with E-state index in [0.717, 1.165) is 0 Å². The molecule has 0 aromatic rings. The van der Waals surface area contributed by atoms with Crippen LogP contribution in [0.15, 0.2) is 0 Å². The third kappa shape index (κ3) is 2.16. The molecule has 1 rings (SSSR count). The van der Waals surface area contributed by atoms with Crippen LogP contribution in [0.4, 0.5) is 0 Å². The molecule has 0 spiro atoms. The Morgan fingerprint density at radius 2 is 0.667 bits per heavy atom. The Balaban J connectivity index is 3.24. The Hall–Kier alpha value is 1.97. The van der Waals surface area contributed by atoms with Gasteiger partial charge in [-0.3, -0.25) is 9.77 Å². The van der Waals surface area contributed by atoms with Gasteiger partial charge in [0.2, 0.25) is 25.2 Å². The van der Waals surface area contributed by atoms with E-state index in [9.17, 15) is 0 Å². The third-order valence-corrected chi connectivity index (χ3v) is 34.1. The molecule has 0 atom stereocenters. The first-order chi connectivity index (χ1) is 6.46. The molecule has 1 aliphatic rings. The van der Waals surface area contributed by atoms with Crippen molar-refractivity contribution in [3.05, 3.63) is 0 Å². The molecule has 0 amide bonds. The number of halogens is 3. The quantitative estimate of drug-likeness (QED) is 0.404. The van der Waals surface area contributed by atoms with Gasteiger partial charge in [0, 0.05) is 0 Å². The Bertz CT molecular complexity index is 213. The van der Waals surface area contributed by atoms with Crippen LogP contribution in [-0.2, 0) is 0 Å². The lowest BCUT2D eigenvalue weighted by Crippen LogP contribution is -2.83. The summed E-state index contributed by atoms with van der Waals surface area (Å²) in [5.41, 5.74) is 0. The van der Waals surface area contributed by atoms with Gasteiger partial charge in [0.25, 0.3) is 0 Å². The minimum absolute atomic E-state index is 1.56. The van der Waals surface area contributed by atoms with E-state index in [2.05, 4.69) is 97.5 Å². The largest absolute Gasteiger partial charge is 0.257 e. The molecule has 1 heterocycles. The SMILES string of the molecule is C[Si]1(C)N(Br)[Si](C)(C)N(Br)[Si](C)(C)N1Br. The number of hydrogen-bond acceptors (Lipinski definition) is 3. The van der Waals surface area contributed by atoms with Crippen molar-refractivity contribution in [2.75, 3.05) is 0 Å². The minimum atomic E-state index is -1.56. The van der Waals surface area contributed by atoms with Crippen LogP contribution in [0.25, 0.3) is 0 Å². The van der Waals surface area contributed by atoms with E-state index in [1.54, 1.807) is 0 Å². The molecule has 9 heteroatoms. The molecule has 0 radical (unpaired) electrons. The number of rotatable bonds is 0. The van der Waals surface area contributed by atoms with Crippen molar-refractivity contribution in [1.82, 2.24) is 9.77 Å². The van der Waals surface area contributed by atoms with Gasteiger partial charge < -0.3 is 0 Å². The minimum Gasteiger partial charge on any atom is -0.257 e. The molecule has 90 valence electrons. The fourth-order valence-electron chi connectivity index (χ4n) is 2.24. The predicted molar refractivity (Wildman–Crippen MR) is 84.7 cm³/mol. The van der Waals surface area contributed by atoms with Crippen LogP contribution in [0.2, 0.25) is 39.3 Å². The Kier molecular flexibility index (Phi) is 4.27. The van der Waals surface area contributed by atoms with Crippen LogP contribution in [0.5, 0.6) is 0 Å². The second-order valence-corrected chi connectivity index (χ2v) is 24.4. The van der Waals surface area contributed by atoms with Crippen LogP contribution in [0.3, 0.4) is 0 Å². The van der Waals surface area contributed by atoms with E-state index >= 15 is 0 Å². The highest BCUT2D eigenvalue weighted by Crippen LogP contribution is 2.43. The van der Waals surface area contributed by atoms with Gasteiger partial charge in [-0.05, 0) is 87.7 Å². The molecule has 1 aliphatic heterocycles. The third-order valence-electron chi connectivity index (χ3n) is 2.88. The lowest BCUT2D eigenvalue weighted by Gasteiger charge is -2.60. The van der Waals surface area contributed by atoms with Gasteiger partial charge in [0.1, 0.15) is 0 Å². The smallest absolute Gasteiger partial charge is 0.209 e. The van der Waals surface area contributed by atoms with Crippen molar-refractivity contribution >= 4 is 73.6 Å². The van der Waals surface area contributed by atoms with E-state index in [1.807, 2.05) is 0 Å². The molecule has 0 unspecified atom stereocenters. The Morgan fingerprint density at radius 1 is 0.533 bits per heavy atom. The molecule has 3 nitrogen and oxygen atoms in total. The first-order valence-electron chi connectivity index (χ1n) is 4.85. The zero-order valence-corrected chi connectivity index (χ0v) is 17.7. The van der Waals surface area contributed by atoms with E-state index < -0.39 is 25.2 Å². The fraction of sp³-hybridized carbons (Fsp3) is 1.00. The van der Waals surface area contributed by atoms with Gasteiger partial charge in [-0.1, -0.05) is 0 Å². The molecular weight excluding hydrogens is 438 g/mol. The first-order valence-corrected chi connectivity index (χ1v) is 15.7. The van der Waals surface area contributed by atoms with Crippen LogP contribution in [0.1, 0.15) is 0 Å². The zero-order chi connectivity index (χ0) is 12.2. The van der Waals surface area contributed by atoms with Crippen molar-refractivity contribution in [2.45, 2.75) is 39.3 Å². The van der Waals surface area contributed by atoms with Crippen molar-refractivity contribution in [1.29, 1.82) is 0 Å². The maximum Gasteiger partial charge on any atom is 0.209 e. The summed E-state index contributed by atoms with van der Waals surface area (Å²) in [6.07, 6.45) is 0. The highest BCUT2D eigenvalue weighted by Gasteiger charge is 2.60. The Labute approximate surface area is 122 Å². The molecule has 0 bridgehead atoms. The average molecular weight is 456 g/mol. The average Bonchev–Trinajstić information content (AvgIpc) is 2.12. The van der Waals surface area contributed by atoms with Gasteiger partial charge in [-0.15, -0.1) is 0 Å². The maximum absolute atomic E-state index is 3.80. The molecule has 0 N–H and O–H groups in total. The monoisotopic (exact) mass is 453 g/mol. The van der Waals surface area contributed by atoms with E-state index in [0.29, 0.717) is 0 Å². The van der Waals surface area contributed by atoms with Crippen LogP contribution in [-0.4, -0.2) is 35.0 Å². The van der Waals surface area contributed by atoms with Gasteiger partial charge in [-0.2, -0.15) is 0 Å². The van der Waals surface area contributed by atoms with Crippen molar-refractivity contribution in [3.63, 3.8) is 0 Å². The summed E-state index contributed by atoms with van der Waals surface area (Å²) >= 11 is 11.4. The fourth-order valence-corrected chi connectivity index (χ4v) is 28.9. The topological polar surface area (TPSA) is 9.72 Å². The van der Waals surface area contributed by atoms with Crippen molar-refractivity contribution < 1.29 is 0 Å². The summed E-state index contributed by atoms with van der Waals surface area (Å²) < 4.78 is 7.36. The van der Waals surface area contributed by atoms with E-state index in [-0.39, 0.29) is 0 Å². The molecule has 15 heavy (non-hydrogen) atoms. The molecule has 0 aliphatic carbocycles. The maximum atomic E-state index is 3.80. The molecule has 1 fully saturated rings. The van der Waals surface area contributed by atoms with Crippen LogP contribution in [0, 0.1) is 0 Å². The van der Waals surface area contributed by atoms with Crippen LogP contribution < -0.4 is 0 Å². The molecule has 0 saturated carbocycles. The summed E-state index contributed by atoms with van der Waals surface area (Å²) in [5, 5.41) is 0. The normalized spacial score (nSPS) is 31.8. The second kappa shape index (κ2) is 4.26. The number of nitrogens with zero attached hydrogens (tertiary/aromatic N) is 3. The summed E-state index contributed by atoms with van der Waals surface area (Å²) in [6, 6.07) is 0. The second-order valence-electron chi connectivity index (χ2n) is 5.33. The van der Waals surface area contributed by atoms with E-state index in [4.69, 9.17) is 0 Å². The zero-order valence-electron chi connectivity index (χ0n) is 9.98. The Morgan fingerprint density at radius 3 is 0.800 bits per heavy atom. The van der Waals surface area contributed by atoms with Gasteiger partial charge in [-0.25, -0.2) is 0 Å². The summed E-state index contributed by atoms with van der Waals surface area (Å²) in [6.45, 7) is 14.2. The highest BCUT2D eigenvalue weighted by molar-refractivity contribution is 9.10. The molecule has 0 aromatic carbocycles. The molecule has 0 aromatic heterocycles. The van der Waals surface area contributed by atoms with Crippen molar-refractivity contribution in [3.8, 4) is 0 Å². The van der Waals surface area contributed by atoms with Gasteiger partial charge in [0.15, 0.2) is 0 Å². The predicted octanol–water partition coefficient (Wildman–Crippen LogP) is 3.94. The lowest BCUT2D eigenvalue weighted by molar-refractivity contribution is 0.724. The summed E-state index contributed by atoms with van der Waals surface area (Å²) in [4.78, 5) is 0.